The monoisotopic (exact) mass is 305 g/mol. The summed E-state index contributed by atoms with van der Waals surface area (Å²) in [7, 11) is 0. The molecule has 108 valence electrons. The first-order chi connectivity index (χ1) is 9.97. The van der Waals surface area contributed by atoms with Crippen LogP contribution in [0.2, 0.25) is 5.02 Å². The molecule has 0 fully saturated rings. The van der Waals surface area contributed by atoms with E-state index in [-0.39, 0.29) is 23.4 Å². The first kappa shape index (κ1) is 14.9. The first-order valence-corrected chi connectivity index (χ1v) is 6.39. The van der Waals surface area contributed by atoms with Gasteiger partial charge >= 0.3 is 11.9 Å². The van der Waals surface area contributed by atoms with Gasteiger partial charge in [-0.25, -0.2) is 9.59 Å². The van der Waals surface area contributed by atoms with Gasteiger partial charge in [0.1, 0.15) is 6.61 Å². The van der Waals surface area contributed by atoms with Gasteiger partial charge in [0.2, 0.25) is 0 Å². The summed E-state index contributed by atoms with van der Waals surface area (Å²) in [6.45, 7) is 0.0185. The van der Waals surface area contributed by atoms with Gasteiger partial charge in [0, 0.05) is 10.7 Å². The molecule has 6 heteroatoms. The highest BCUT2D eigenvalue weighted by Gasteiger charge is 2.12. The van der Waals surface area contributed by atoms with Crippen LogP contribution in [0, 0.1) is 0 Å². The summed E-state index contributed by atoms with van der Waals surface area (Å²) in [6.07, 6.45) is 0. The van der Waals surface area contributed by atoms with E-state index < -0.39 is 11.9 Å². The molecule has 0 atom stereocenters. The van der Waals surface area contributed by atoms with E-state index in [1.54, 1.807) is 18.2 Å². The van der Waals surface area contributed by atoms with Crippen molar-refractivity contribution in [3.63, 3.8) is 0 Å². The molecule has 0 spiro atoms. The van der Waals surface area contributed by atoms with Crippen molar-refractivity contribution in [2.24, 2.45) is 0 Å². The molecule has 2 aromatic carbocycles. The number of carboxylic acid groups (broad SMARTS) is 1. The SMILES string of the molecule is Nc1ccc(Cl)cc1C(=O)OCc1ccc(C(=O)O)cc1. The number of hydrogen-bond donors (Lipinski definition) is 2. The number of nitrogens with two attached hydrogens (primary N) is 1. The van der Waals surface area contributed by atoms with Crippen LogP contribution < -0.4 is 5.73 Å². The molecule has 0 radical (unpaired) electrons. The van der Waals surface area contributed by atoms with E-state index in [0.29, 0.717) is 10.6 Å². The van der Waals surface area contributed by atoms with Gasteiger partial charge in [-0.2, -0.15) is 0 Å². The maximum absolute atomic E-state index is 11.9. The molecule has 0 aliphatic carbocycles. The number of aromatic carboxylic acids is 1. The highest BCUT2D eigenvalue weighted by Crippen LogP contribution is 2.19. The number of rotatable bonds is 4. The second kappa shape index (κ2) is 6.28. The van der Waals surface area contributed by atoms with Crippen molar-refractivity contribution in [2.75, 3.05) is 5.73 Å². The van der Waals surface area contributed by atoms with Gasteiger partial charge in [0.05, 0.1) is 11.1 Å². The van der Waals surface area contributed by atoms with E-state index in [1.807, 2.05) is 0 Å². The number of carbonyl (C=O) groups excluding carboxylic acids is 1. The lowest BCUT2D eigenvalue weighted by atomic mass is 10.1. The Morgan fingerprint density at radius 3 is 2.43 bits per heavy atom. The topological polar surface area (TPSA) is 89.6 Å². The second-order valence-corrected chi connectivity index (χ2v) is 4.75. The molecule has 0 saturated heterocycles. The Kier molecular flexibility index (Phi) is 4.45. The van der Waals surface area contributed by atoms with Crippen LogP contribution in [0.5, 0.6) is 0 Å². The summed E-state index contributed by atoms with van der Waals surface area (Å²) in [5.41, 5.74) is 7.01. The molecule has 3 N–H and O–H groups in total. The van der Waals surface area contributed by atoms with Gasteiger partial charge in [-0.15, -0.1) is 0 Å². The van der Waals surface area contributed by atoms with Gasteiger partial charge in [-0.05, 0) is 35.9 Å². The highest BCUT2D eigenvalue weighted by molar-refractivity contribution is 6.31. The van der Waals surface area contributed by atoms with Crippen LogP contribution in [0.15, 0.2) is 42.5 Å². The highest BCUT2D eigenvalue weighted by atomic mass is 35.5. The average Bonchev–Trinajstić information content (AvgIpc) is 2.47. The third kappa shape index (κ3) is 3.73. The zero-order valence-electron chi connectivity index (χ0n) is 10.9. The van der Waals surface area contributed by atoms with Crippen molar-refractivity contribution in [3.05, 3.63) is 64.2 Å². The molecule has 0 aliphatic heterocycles. The fourth-order valence-corrected chi connectivity index (χ4v) is 1.85. The maximum Gasteiger partial charge on any atom is 0.340 e. The van der Waals surface area contributed by atoms with Crippen LogP contribution in [0.3, 0.4) is 0 Å². The minimum absolute atomic E-state index is 0.0185. The third-order valence-electron chi connectivity index (χ3n) is 2.81. The number of esters is 1. The summed E-state index contributed by atoms with van der Waals surface area (Å²) in [4.78, 5) is 22.6. The fraction of sp³-hybridized carbons (Fsp3) is 0.0667. The van der Waals surface area contributed by atoms with Gasteiger partial charge in [-0.3, -0.25) is 0 Å². The Morgan fingerprint density at radius 2 is 1.81 bits per heavy atom. The van der Waals surface area contributed by atoms with Crippen LogP contribution in [0.4, 0.5) is 5.69 Å². The Hall–Kier alpha value is -2.53. The summed E-state index contributed by atoms with van der Waals surface area (Å²) in [5.74, 6) is -1.59. The minimum atomic E-state index is -1.01. The molecular formula is C15H12ClNO4. The minimum Gasteiger partial charge on any atom is -0.478 e. The lowest BCUT2D eigenvalue weighted by Crippen LogP contribution is -2.08. The third-order valence-corrected chi connectivity index (χ3v) is 3.04. The molecule has 0 aromatic heterocycles. The molecule has 0 heterocycles. The number of hydrogen-bond acceptors (Lipinski definition) is 4. The van der Waals surface area contributed by atoms with Crippen molar-refractivity contribution in [1.29, 1.82) is 0 Å². The number of anilines is 1. The quantitative estimate of drug-likeness (QED) is 0.669. The number of ether oxygens (including phenoxy) is 1. The summed E-state index contributed by atoms with van der Waals surface area (Å²) in [6, 6.07) is 10.6. The van der Waals surface area contributed by atoms with Crippen molar-refractivity contribution < 1.29 is 19.4 Å². The van der Waals surface area contributed by atoms with Crippen molar-refractivity contribution in [2.45, 2.75) is 6.61 Å². The average molecular weight is 306 g/mol. The Morgan fingerprint density at radius 1 is 1.14 bits per heavy atom. The van der Waals surface area contributed by atoms with Crippen LogP contribution in [0.25, 0.3) is 0 Å². The van der Waals surface area contributed by atoms with E-state index in [1.165, 1.54) is 24.3 Å². The number of carboxylic acids is 1. The zero-order valence-corrected chi connectivity index (χ0v) is 11.6. The number of carbonyl (C=O) groups is 2. The zero-order chi connectivity index (χ0) is 15.4. The fourth-order valence-electron chi connectivity index (χ4n) is 1.68. The van der Waals surface area contributed by atoms with Crippen LogP contribution in [0.1, 0.15) is 26.3 Å². The van der Waals surface area contributed by atoms with Crippen LogP contribution in [-0.2, 0) is 11.3 Å². The largest absolute Gasteiger partial charge is 0.478 e. The Balaban J connectivity index is 2.04. The molecular weight excluding hydrogens is 294 g/mol. The maximum atomic E-state index is 11.9. The predicted molar refractivity (Wildman–Crippen MR) is 78.4 cm³/mol. The lowest BCUT2D eigenvalue weighted by molar-refractivity contribution is 0.0473. The molecule has 0 saturated carbocycles. The van der Waals surface area contributed by atoms with Crippen LogP contribution >= 0.6 is 11.6 Å². The van der Waals surface area contributed by atoms with Gasteiger partial charge in [0.25, 0.3) is 0 Å². The van der Waals surface area contributed by atoms with E-state index >= 15 is 0 Å². The number of halogens is 1. The summed E-state index contributed by atoms with van der Waals surface area (Å²) < 4.78 is 5.13. The molecule has 2 aromatic rings. The van der Waals surface area contributed by atoms with E-state index in [9.17, 15) is 9.59 Å². The lowest BCUT2D eigenvalue weighted by Gasteiger charge is -2.07. The van der Waals surface area contributed by atoms with Gasteiger partial charge < -0.3 is 15.6 Å². The molecule has 0 bridgehead atoms. The molecule has 0 amide bonds. The van der Waals surface area contributed by atoms with Crippen molar-refractivity contribution in [3.8, 4) is 0 Å². The Bertz CT molecular complexity index is 683. The predicted octanol–water partition coefficient (Wildman–Crippen LogP) is 2.98. The molecule has 5 nitrogen and oxygen atoms in total. The standard InChI is InChI=1S/C15H12ClNO4/c16-11-5-6-13(17)12(7-11)15(20)21-8-9-1-3-10(4-2-9)14(18)19/h1-7H,8,17H2,(H,18,19). The van der Waals surface area contributed by atoms with Crippen molar-refractivity contribution in [1.82, 2.24) is 0 Å². The molecule has 0 unspecified atom stereocenters. The molecule has 21 heavy (non-hydrogen) atoms. The number of nitrogen functional groups attached to an aromatic ring is 1. The van der Waals surface area contributed by atoms with E-state index in [0.717, 1.165) is 0 Å². The van der Waals surface area contributed by atoms with Gasteiger partial charge in [-0.1, -0.05) is 23.7 Å². The second-order valence-electron chi connectivity index (χ2n) is 4.31. The first-order valence-electron chi connectivity index (χ1n) is 6.02. The number of benzene rings is 2. The van der Waals surface area contributed by atoms with E-state index in [4.69, 9.17) is 27.2 Å². The van der Waals surface area contributed by atoms with Crippen LogP contribution in [-0.4, -0.2) is 17.0 Å². The van der Waals surface area contributed by atoms with Gasteiger partial charge in [0.15, 0.2) is 0 Å². The molecule has 0 aliphatic rings. The van der Waals surface area contributed by atoms with E-state index in [2.05, 4.69) is 0 Å². The smallest absolute Gasteiger partial charge is 0.340 e. The Labute approximate surface area is 125 Å². The normalized spacial score (nSPS) is 10.1. The van der Waals surface area contributed by atoms with Crippen molar-refractivity contribution >= 4 is 29.2 Å². The summed E-state index contributed by atoms with van der Waals surface area (Å²) in [5, 5.41) is 9.18. The molecule has 2 rings (SSSR count). The summed E-state index contributed by atoms with van der Waals surface area (Å²) >= 11 is 5.81.